The van der Waals surface area contributed by atoms with E-state index in [-0.39, 0.29) is 6.54 Å². The van der Waals surface area contributed by atoms with Gasteiger partial charge in [-0.3, -0.25) is 0 Å². The number of hydrogen-bond donors (Lipinski definition) is 2. The molecule has 2 nitrogen and oxygen atoms in total. The molecule has 0 atom stereocenters. The Labute approximate surface area is 110 Å². The molecule has 2 aromatic rings. The van der Waals surface area contributed by atoms with Crippen LogP contribution in [0.15, 0.2) is 30.3 Å². The highest BCUT2D eigenvalue weighted by Gasteiger charge is 2.09. The molecule has 2 aromatic carbocycles. The molecule has 0 unspecified atom stereocenters. The van der Waals surface area contributed by atoms with Crippen molar-refractivity contribution < 1.29 is 13.9 Å². The number of halogens is 2. The molecular formula is C15H15F2NO. The van der Waals surface area contributed by atoms with Crippen molar-refractivity contribution in [2.75, 3.05) is 5.32 Å². The molecule has 0 saturated carbocycles. The SMILES string of the molecule is Cc1ccc(NCc2cc(F)c(O)c(F)c2)cc1C. The topological polar surface area (TPSA) is 32.3 Å². The maximum atomic E-state index is 13.2. The van der Waals surface area contributed by atoms with Gasteiger partial charge in [0.25, 0.3) is 0 Å². The van der Waals surface area contributed by atoms with Crippen molar-refractivity contribution >= 4 is 5.69 Å². The van der Waals surface area contributed by atoms with Crippen LogP contribution in [0.1, 0.15) is 16.7 Å². The Kier molecular flexibility index (Phi) is 3.69. The van der Waals surface area contributed by atoms with Crippen LogP contribution in [0.3, 0.4) is 0 Å². The number of phenols is 1. The van der Waals surface area contributed by atoms with Crippen molar-refractivity contribution in [2.24, 2.45) is 0 Å². The summed E-state index contributed by atoms with van der Waals surface area (Å²) in [5, 5.41) is 12.1. The van der Waals surface area contributed by atoms with Crippen LogP contribution in [0.2, 0.25) is 0 Å². The van der Waals surface area contributed by atoms with Gasteiger partial charge in [-0.1, -0.05) is 6.07 Å². The summed E-state index contributed by atoms with van der Waals surface area (Å²) in [6, 6.07) is 8.10. The average Bonchev–Trinajstić information content (AvgIpc) is 2.37. The number of rotatable bonds is 3. The Bertz CT molecular complexity index is 588. The van der Waals surface area contributed by atoms with E-state index in [1.807, 2.05) is 32.0 Å². The second-order valence-electron chi connectivity index (χ2n) is 4.56. The monoisotopic (exact) mass is 263 g/mol. The molecule has 0 aliphatic rings. The van der Waals surface area contributed by atoms with Gasteiger partial charge in [0.2, 0.25) is 0 Å². The minimum atomic E-state index is -0.947. The van der Waals surface area contributed by atoms with E-state index >= 15 is 0 Å². The summed E-state index contributed by atoms with van der Waals surface area (Å²) in [6.45, 7) is 4.31. The van der Waals surface area contributed by atoms with Gasteiger partial charge < -0.3 is 10.4 Å². The fourth-order valence-corrected chi connectivity index (χ4v) is 1.78. The molecule has 0 spiro atoms. The van der Waals surface area contributed by atoms with E-state index in [2.05, 4.69) is 5.32 Å². The van der Waals surface area contributed by atoms with E-state index in [0.29, 0.717) is 5.56 Å². The normalized spacial score (nSPS) is 10.5. The highest BCUT2D eigenvalue weighted by atomic mass is 19.1. The van der Waals surface area contributed by atoms with Gasteiger partial charge in [-0.25, -0.2) is 8.78 Å². The van der Waals surface area contributed by atoms with Crippen LogP contribution >= 0.6 is 0 Å². The van der Waals surface area contributed by atoms with E-state index in [9.17, 15) is 8.78 Å². The van der Waals surface area contributed by atoms with Crippen LogP contribution in [0.4, 0.5) is 14.5 Å². The Morgan fingerprint density at radius 3 is 2.21 bits per heavy atom. The highest BCUT2D eigenvalue weighted by molar-refractivity contribution is 5.48. The van der Waals surface area contributed by atoms with Gasteiger partial charge in [-0.05, 0) is 54.8 Å². The Balaban J connectivity index is 2.12. The molecule has 19 heavy (non-hydrogen) atoms. The number of nitrogens with one attached hydrogen (secondary N) is 1. The predicted molar refractivity (Wildman–Crippen MR) is 71.3 cm³/mol. The van der Waals surface area contributed by atoms with Gasteiger partial charge in [0.05, 0.1) is 0 Å². The number of aromatic hydroxyl groups is 1. The number of hydrogen-bond acceptors (Lipinski definition) is 2. The molecule has 2 rings (SSSR count). The van der Waals surface area contributed by atoms with Crippen LogP contribution in [-0.2, 0) is 6.54 Å². The third-order valence-electron chi connectivity index (χ3n) is 3.08. The van der Waals surface area contributed by atoms with Crippen molar-refractivity contribution in [1.29, 1.82) is 0 Å². The van der Waals surface area contributed by atoms with Crippen LogP contribution < -0.4 is 5.32 Å². The Morgan fingerprint density at radius 2 is 1.63 bits per heavy atom. The van der Waals surface area contributed by atoms with Gasteiger partial charge in [0.1, 0.15) is 0 Å². The van der Waals surface area contributed by atoms with Crippen LogP contribution in [-0.4, -0.2) is 5.11 Å². The average molecular weight is 263 g/mol. The minimum absolute atomic E-state index is 0.288. The molecule has 0 bridgehead atoms. The van der Waals surface area contributed by atoms with Crippen molar-refractivity contribution in [1.82, 2.24) is 0 Å². The molecule has 0 heterocycles. The molecule has 0 aliphatic heterocycles. The zero-order valence-electron chi connectivity index (χ0n) is 10.8. The van der Waals surface area contributed by atoms with E-state index in [1.54, 1.807) is 0 Å². The smallest absolute Gasteiger partial charge is 0.187 e. The first kappa shape index (κ1) is 13.3. The van der Waals surface area contributed by atoms with Crippen LogP contribution in [0.5, 0.6) is 5.75 Å². The third-order valence-corrected chi connectivity index (χ3v) is 3.08. The van der Waals surface area contributed by atoms with E-state index in [1.165, 1.54) is 5.56 Å². The third kappa shape index (κ3) is 3.02. The number of phenolic OH excluding ortho intramolecular Hbond substituents is 1. The summed E-state index contributed by atoms with van der Waals surface area (Å²) < 4.78 is 26.3. The van der Waals surface area contributed by atoms with Gasteiger partial charge in [-0.15, -0.1) is 0 Å². The molecule has 2 N–H and O–H groups in total. The summed E-state index contributed by atoms with van der Waals surface area (Å²) in [5.74, 6) is -2.83. The zero-order valence-corrected chi connectivity index (χ0v) is 10.8. The Hall–Kier alpha value is -2.10. The van der Waals surface area contributed by atoms with Gasteiger partial charge in [0, 0.05) is 12.2 Å². The highest BCUT2D eigenvalue weighted by Crippen LogP contribution is 2.22. The van der Waals surface area contributed by atoms with Crippen LogP contribution in [0.25, 0.3) is 0 Å². The second-order valence-corrected chi connectivity index (χ2v) is 4.56. The zero-order chi connectivity index (χ0) is 14.0. The quantitative estimate of drug-likeness (QED) is 0.880. The molecule has 0 aliphatic carbocycles. The summed E-state index contributed by atoms with van der Waals surface area (Å²) in [7, 11) is 0. The lowest BCUT2D eigenvalue weighted by molar-refractivity contribution is 0.395. The second kappa shape index (κ2) is 5.26. The van der Waals surface area contributed by atoms with Crippen molar-refractivity contribution in [3.05, 3.63) is 58.7 Å². The molecular weight excluding hydrogens is 248 g/mol. The maximum Gasteiger partial charge on any atom is 0.187 e. The fraction of sp³-hybridized carbons (Fsp3) is 0.200. The van der Waals surface area contributed by atoms with Gasteiger partial charge in [0.15, 0.2) is 17.4 Å². The number of anilines is 1. The fourth-order valence-electron chi connectivity index (χ4n) is 1.78. The first-order valence-corrected chi connectivity index (χ1v) is 5.95. The largest absolute Gasteiger partial charge is 0.503 e. The summed E-state index contributed by atoms with van der Waals surface area (Å²) in [5.41, 5.74) is 3.66. The van der Waals surface area contributed by atoms with E-state index in [0.717, 1.165) is 23.4 Å². The first-order valence-electron chi connectivity index (χ1n) is 5.95. The molecule has 0 radical (unpaired) electrons. The van der Waals surface area contributed by atoms with Crippen molar-refractivity contribution in [3.8, 4) is 5.75 Å². The van der Waals surface area contributed by atoms with Crippen molar-refractivity contribution in [2.45, 2.75) is 20.4 Å². The summed E-state index contributed by atoms with van der Waals surface area (Å²) in [4.78, 5) is 0. The molecule has 4 heteroatoms. The standard InChI is InChI=1S/C15H15F2NO/c1-9-3-4-12(5-10(9)2)18-8-11-6-13(16)15(19)14(17)7-11/h3-7,18-19H,8H2,1-2H3. The maximum absolute atomic E-state index is 13.2. The van der Waals surface area contributed by atoms with E-state index < -0.39 is 17.4 Å². The molecule has 100 valence electrons. The lowest BCUT2D eigenvalue weighted by Crippen LogP contribution is -2.01. The van der Waals surface area contributed by atoms with Gasteiger partial charge in [-0.2, -0.15) is 0 Å². The molecule has 0 fully saturated rings. The minimum Gasteiger partial charge on any atom is -0.503 e. The molecule has 0 aromatic heterocycles. The molecule has 0 amide bonds. The van der Waals surface area contributed by atoms with Gasteiger partial charge >= 0.3 is 0 Å². The molecule has 0 saturated heterocycles. The summed E-state index contributed by atoms with van der Waals surface area (Å²) in [6.07, 6.45) is 0. The Morgan fingerprint density at radius 1 is 1.00 bits per heavy atom. The lowest BCUT2D eigenvalue weighted by Gasteiger charge is -2.09. The summed E-state index contributed by atoms with van der Waals surface area (Å²) >= 11 is 0. The van der Waals surface area contributed by atoms with E-state index in [4.69, 9.17) is 5.11 Å². The number of aryl methyl sites for hydroxylation is 2. The first-order chi connectivity index (χ1) is 8.97. The van der Waals surface area contributed by atoms with Crippen LogP contribution in [0, 0.1) is 25.5 Å². The van der Waals surface area contributed by atoms with Crippen molar-refractivity contribution in [3.63, 3.8) is 0 Å². The number of benzene rings is 2. The lowest BCUT2D eigenvalue weighted by atomic mass is 10.1. The predicted octanol–water partition coefficient (Wildman–Crippen LogP) is 3.90.